The van der Waals surface area contributed by atoms with Crippen molar-refractivity contribution in [1.82, 2.24) is 20.8 Å². The second-order valence-electron chi connectivity index (χ2n) is 8.81. The Hall–Kier alpha value is -1.48. The molecule has 2 N–H and O–H groups in total. The van der Waals surface area contributed by atoms with Crippen LogP contribution in [-0.4, -0.2) is 48.4 Å². The summed E-state index contributed by atoms with van der Waals surface area (Å²) >= 11 is 12.7. The summed E-state index contributed by atoms with van der Waals surface area (Å²) in [6.45, 7) is 5.38. The van der Waals surface area contributed by atoms with Crippen LogP contribution in [0.3, 0.4) is 0 Å². The molecular weight excluding hydrogens is 449 g/mol. The first kappa shape index (κ1) is 22.3. The average molecular weight is 478 g/mol. The zero-order chi connectivity index (χ0) is 22.1. The van der Waals surface area contributed by atoms with Crippen molar-refractivity contribution >= 4 is 28.9 Å². The summed E-state index contributed by atoms with van der Waals surface area (Å²) in [6, 6.07) is 4.91. The van der Waals surface area contributed by atoms with Crippen molar-refractivity contribution < 1.29 is 9.47 Å². The van der Waals surface area contributed by atoms with Gasteiger partial charge in [-0.15, -0.1) is 0 Å². The van der Waals surface area contributed by atoms with Gasteiger partial charge in [-0.25, -0.2) is 5.43 Å². The van der Waals surface area contributed by atoms with Crippen LogP contribution in [0.4, 0.5) is 5.69 Å². The smallest absolute Gasteiger partial charge is 0.0830 e. The number of nitrogens with zero attached hydrogens (tertiary/aromatic N) is 3. The Morgan fingerprint density at radius 2 is 1.88 bits per heavy atom. The van der Waals surface area contributed by atoms with E-state index in [4.69, 9.17) is 37.7 Å². The van der Waals surface area contributed by atoms with Gasteiger partial charge in [0.1, 0.15) is 0 Å². The maximum Gasteiger partial charge on any atom is 0.0830 e. The zero-order valence-corrected chi connectivity index (χ0v) is 19.6. The lowest BCUT2D eigenvalue weighted by Gasteiger charge is -2.34. The molecule has 172 valence electrons. The maximum absolute atomic E-state index is 6.44. The molecule has 32 heavy (non-hydrogen) atoms. The molecule has 2 aromatic rings. The summed E-state index contributed by atoms with van der Waals surface area (Å²) in [4.78, 5) is 11.2. The Morgan fingerprint density at radius 1 is 1.09 bits per heavy atom. The Bertz CT molecular complexity index is 905. The van der Waals surface area contributed by atoms with E-state index in [1.807, 2.05) is 13.1 Å². The van der Waals surface area contributed by atoms with E-state index in [9.17, 15) is 0 Å². The number of aromatic nitrogens is 2. The Kier molecular flexibility index (Phi) is 6.83. The standard InChI is InChI=1S/C23H29Cl2N5O2/c1-14(22-18(24)12-26-13-19(22)25)32-16-3-5-20-17(10-16)23(29-28-20)21-4-2-15(11-27-21)30-6-8-31-9-7-30/h2,4,11-14,16-17,20,23,28-29H,3,5-10H2,1H3/t14-,16?,17?,20?,23?/m1/s1. The first-order valence-corrected chi connectivity index (χ1v) is 12.1. The van der Waals surface area contributed by atoms with Crippen molar-refractivity contribution in [3.8, 4) is 0 Å². The third kappa shape index (κ3) is 4.60. The molecule has 2 aromatic heterocycles. The van der Waals surface area contributed by atoms with Crippen molar-refractivity contribution in [3.63, 3.8) is 0 Å². The van der Waals surface area contributed by atoms with Gasteiger partial charge in [-0.2, -0.15) is 0 Å². The molecule has 5 rings (SSSR count). The van der Waals surface area contributed by atoms with Gasteiger partial charge in [0, 0.05) is 43.0 Å². The first-order valence-electron chi connectivity index (χ1n) is 11.3. The van der Waals surface area contributed by atoms with E-state index in [0.717, 1.165) is 62.5 Å². The fourth-order valence-electron chi connectivity index (χ4n) is 5.19. The lowest BCUT2D eigenvalue weighted by molar-refractivity contribution is -0.0371. The van der Waals surface area contributed by atoms with Crippen LogP contribution in [0.1, 0.15) is 49.6 Å². The first-order chi connectivity index (χ1) is 15.6. The predicted octanol–water partition coefficient (Wildman–Crippen LogP) is 4.08. The molecule has 2 saturated heterocycles. The van der Waals surface area contributed by atoms with Crippen LogP contribution in [0.5, 0.6) is 0 Å². The number of nitrogens with one attached hydrogen (secondary N) is 2. The minimum absolute atomic E-state index is 0.142. The Labute approximate surface area is 198 Å². The third-order valence-corrected chi connectivity index (χ3v) is 7.47. The van der Waals surface area contributed by atoms with Crippen LogP contribution in [0.25, 0.3) is 0 Å². The number of hydrogen-bond donors (Lipinski definition) is 2. The Balaban J connectivity index is 1.25. The highest BCUT2D eigenvalue weighted by Crippen LogP contribution is 2.41. The maximum atomic E-state index is 6.44. The normalized spacial score (nSPS) is 29.0. The number of pyridine rings is 2. The van der Waals surface area contributed by atoms with Gasteiger partial charge in [-0.05, 0) is 38.3 Å². The van der Waals surface area contributed by atoms with E-state index in [1.165, 1.54) is 0 Å². The molecule has 1 aliphatic carbocycles. The lowest BCUT2D eigenvalue weighted by Crippen LogP contribution is -2.37. The highest BCUT2D eigenvalue weighted by molar-refractivity contribution is 6.35. The van der Waals surface area contributed by atoms with Crippen LogP contribution >= 0.6 is 23.2 Å². The van der Waals surface area contributed by atoms with Gasteiger partial charge in [0.25, 0.3) is 0 Å². The quantitative estimate of drug-likeness (QED) is 0.671. The fraction of sp³-hybridized carbons (Fsp3) is 0.565. The fourth-order valence-corrected chi connectivity index (χ4v) is 5.86. The van der Waals surface area contributed by atoms with Crippen molar-refractivity contribution in [2.45, 2.75) is 50.5 Å². The van der Waals surface area contributed by atoms with Crippen molar-refractivity contribution in [3.05, 3.63) is 52.0 Å². The third-order valence-electron chi connectivity index (χ3n) is 6.86. The molecular formula is C23H29Cl2N5O2. The predicted molar refractivity (Wildman–Crippen MR) is 125 cm³/mol. The van der Waals surface area contributed by atoms with Crippen LogP contribution < -0.4 is 15.8 Å². The van der Waals surface area contributed by atoms with Crippen LogP contribution in [-0.2, 0) is 9.47 Å². The minimum atomic E-state index is -0.189. The molecule has 4 unspecified atom stereocenters. The number of rotatable bonds is 5. The summed E-state index contributed by atoms with van der Waals surface area (Å²) in [5.74, 6) is 0.408. The molecule has 7 nitrogen and oxygen atoms in total. The SMILES string of the molecule is C[C@@H](OC1CCC2NNC(c3ccc(N4CCOCC4)cn3)C2C1)c1c(Cl)cncc1Cl. The van der Waals surface area contributed by atoms with Crippen molar-refractivity contribution in [1.29, 1.82) is 0 Å². The molecule has 0 spiro atoms. The minimum Gasteiger partial charge on any atom is -0.378 e. The molecule has 5 atom stereocenters. The average Bonchev–Trinajstić information content (AvgIpc) is 3.23. The van der Waals surface area contributed by atoms with Gasteiger partial charge in [0.05, 0.1) is 59.1 Å². The zero-order valence-electron chi connectivity index (χ0n) is 18.1. The van der Waals surface area contributed by atoms with Gasteiger partial charge in [-0.1, -0.05) is 23.2 Å². The van der Waals surface area contributed by atoms with E-state index in [-0.39, 0.29) is 18.2 Å². The van der Waals surface area contributed by atoms with Gasteiger partial charge >= 0.3 is 0 Å². The van der Waals surface area contributed by atoms with E-state index in [1.54, 1.807) is 12.4 Å². The van der Waals surface area contributed by atoms with E-state index in [2.05, 4.69) is 32.9 Å². The van der Waals surface area contributed by atoms with Crippen molar-refractivity contribution in [2.75, 3.05) is 31.2 Å². The van der Waals surface area contributed by atoms with E-state index < -0.39 is 0 Å². The summed E-state index contributed by atoms with van der Waals surface area (Å²) in [7, 11) is 0. The highest BCUT2D eigenvalue weighted by atomic mass is 35.5. The summed E-state index contributed by atoms with van der Waals surface area (Å²) in [6.07, 6.45) is 8.18. The molecule has 4 heterocycles. The van der Waals surface area contributed by atoms with Crippen LogP contribution in [0, 0.1) is 5.92 Å². The van der Waals surface area contributed by atoms with E-state index >= 15 is 0 Å². The monoisotopic (exact) mass is 477 g/mol. The lowest BCUT2D eigenvalue weighted by atomic mass is 9.79. The summed E-state index contributed by atoms with van der Waals surface area (Å²) in [5.41, 5.74) is 10.0. The molecule has 9 heteroatoms. The molecule has 0 bridgehead atoms. The number of fused-ring (bicyclic) bond motifs is 1. The number of halogens is 2. The van der Waals surface area contributed by atoms with Crippen LogP contribution in [0.2, 0.25) is 10.0 Å². The Morgan fingerprint density at radius 3 is 2.59 bits per heavy atom. The number of hydrogen-bond acceptors (Lipinski definition) is 7. The van der Waals surface area contributed by atoms with Gasteiger partial charge < -0.3 is 14.4 Å². The highest BCUT2D eigenvalue weighted by Gasteiger charge is 2.42. The molecule has 1 saturated carbocycles. The second-order valence-corrected chi connectivity index (χ2v) is 9.62. The summed E-state index contributed by atoms with van der Waals surface area (Å²) < 4.78 is 11.9. The molecule has 3 fully saturated rings. The molecule has 0 amide bonds. The van der Waals surface area contributed by atoms with Crippen LogP contribution in [0.15, 0.2) is 30.7 Å². The van der Waals surface area contributed by atoms with Gasteiger partial charge in [-0.3, -0.25) is 15.4 Å². The number of morpholine rings is 1. The molecule has 3 aliphatic rings. The number of hydrazine groups is 1. The number of anilines is 1. The molecule has 2 aliphatic heterocycles. The van der Waals surface area contributed by atoms with E-state index in [0.29, 0.717) is 22.0 Å². The molecule has 0 radical (unpaired) electrons. The summed E-state index contributed by atoms with van der Waals surface area (Å²) in [5, 5.41) is 1.09. The second kappa shape index (κ2) is 9.79. The van der Waals surface area contributed by atoms with Crippen molar-refractivity contribution in [2.24, 2.45) is 5.92 Å². The van der Waals surface area contributed by atoms with Gasteiger partial charge in [0.15, 0.2) is 0 Å². The topological polar surface area (TPSA) is 71.5 Å². The van der Waals surface area contributed by atoms with Gasteiger partial charge in [0.2, 0.25) is 0 Å². The largest absolute Gasteiger partial charge is 0.378 e. The number of ether oxygens (including phenoxy) is 2. The molecule has 0 aromatic carbocycles.